The van der Waals surface area contributed by atoms with Crippen LogP contribution in [0.2, 0.25) is 0 Å². The predicted octanol–water partition coefficient (Wildman–Crippen LogP) is 0.350. The number of methoxy groups -OCH3 is 2. The van der Waals surface area contributed by atoms with E-state index in [0.717, 1.165) is 65.4 Å². The smallest absolute Gasteiger partial charge is 0.0600 e. The lowest BCUT2D eigenvalue weighted by Gasteiger charge is -2.26. The third kappa shape index (κ3) is 7.28. The summed E-state index contributed by atoms with van der Waals surface area (Å²) in [6, 6.07) is 0. The van der Waals surface area contributed by atoms with Gasteiger partial charge >= 0.3 is 0 Å². The highest BCUT2D eigenvalue weighted by atomic mass is 16.5. The SMILES string of the molecule is COCCN(CCOC)CCOC1CCNCC1. The zero-order valence-corrected chi connectivity index (χ0v) is 11.8. The van der Waals surface area contributed by atoms with Crippen LogP contribution in [-0.2, 0) is 14.2 Å². The largest absolute Gasteiger partial charge is 0.383 e. The van der Waals surface area contributed by atoms with Crippen molar-refractivity contribution in [3.8, 4) is 0 Å². The van der Waals surface area contributed by atoms with E-state index in [0.29, 0.717) is 6.10 Å². The summed E-state index contributed by atoms with van der Waals surface area (Å²) in [5, 5.41) is 3.35. The molecule has 0 atom stereocenters. The van der Waals surface area contributed by atoms with Crippen molar-refractivity contribution in [1.29, 1.82) is 0 Å². The van der Waals surface area contributed by atoms with Gasteiger partial charge in [-0.3, -0.25) is 4.90 Å². The van der Waals surface area contributed by atoms with Crippen LogP contribution in [0.5, 0.6) is 0 Å². The van der Waals surface area contributed by atoms with Crippen molar-refractivity contribution in [1.82, 2.24) is 10.2 Å². The first-order valence-corrected chi connectivity index (χ1v) is 6.89. The van der Waals surface area contributed by atoms with Crippen LogP contribution in [0.15, 0.2) is 0 Å². The Bertz CT molecular complexity index is 179. The fourth-order valence-electron chi connectivity index (χ4n) is 2.09. The number of ether oxygens (including phenoxy) is 3. The minimum absolute atomic E-state index is 0.443. The molecule has 108 valence electrons. The van der Waals surface area contributed by atoms with E-state index < -0.39 is 0 Å². The third-order valence-electron chi connectivity index (χ3n) is 3.27. The van der Waals surface area contributed by atoms with Gasteiger partial charge in [-0.25, -0.2) is 0 Å². The van der Waals surface area contributed by atoms with E-state index in [9.17, 15) is 0 Å². The Morgan fingerprint density at radius 2 is 1.50 bits per heavy atom. The Morgan fingerprint density at radius 1 is 0.944 bits per heavy atom. The highest BCUT2D eigenvalue weighted by molar-refractivity contribution is 4.68. The number of rotatable bonds is 10. The fourth-order valence-corrected chi connectivity index (χ4v) is 2.09. The molecule has 1 aliphatic heterocycles. The van der Waals surface area contributed by atoms with Crippen molar-refractivity contribution in [3.63, 3.8) is 0 Å². The average molecular weight is 260 g/mol. The van der Waals surface area contributed by atoms with Gasteiger partial charge in [-0.1, -0.05) is 0 Å². The van der Waals surface area contributed by atoms with E-state index >= 15 is 0 Å². The normalized spacial score (nSPS) is 17.5. The maximum atomic E-state index is 5.91. The van der Waals surface area contributed by atoms with E-state index in [1.165, 1.54) is 0 Å². The summed E-state index contributed by atoms with van der Waals surface area (Å²) in [6.45, 7) is 7.33. The van der Waals surface area contributed by atoms with Gasteiger partial charge in [-0.15, -0.1) is 0 Å². The maximum absolute atomic E-state index is 5.91. The number of piperidine rings is 1. The lowest BCUT2D eigenvalue weighted by atomic mass is 10.1. The topological polar surface area (TPSA) is 43.0 Å². The molecule has 1 heterocycles. The Kier molecular flexibility index (Phi) is 9.42. The third-order valence-corrected chi connectivity index (χ3v) is 3.27. The molecule has 0 spiro atoms. The molecule has 1 N–H and O–H groups in total. The molecule has 0 radical (unpaired) electrons. The monoisotopic (exact) mass is 260 g/mol. The van der Waals surface area contributed by atoms with Crippen LogP contribution in [0.3, 0.4) is 0 Å². The van der Waals surface area contributed by atoms with Crippen molar-refractivity contribution in [2.24, 2.45) is 0 Å². The van der Waals surface area contributed by atoms with Crippen LogP contribution >= 0.6 is 0 Å². The molecule has 1 fully saturated rings. The van der Waals surface area contributed by atoms with Gasteiger partial charge in [0.25, 0.3) is 0 Å². The summed E-state index contributed by atoms with van der Waals surface area (Å²) < 4.78 is 16.1. The van der Waals surface area contributed by atoms with Crippen LogP contribution in [0, 0.1) is 0 Å². The van der Waals surface area contributed by atoms with Gasteiger partial charge in [-0.2, -0.15) is 0 Å². The molecule has 1 rings (SSSR count). The van der Waals surface area contributed by atoms with Crippen LogP contribution in [0.25, 0.3) is 0 Å². The van der Waals surface area contributed by atoms with Crippen LogP contribution in [0.1, 0.15) is 12.8 Å². The average Bonchev–Trinajstić information content (AvgIpc) is 2.42. The second kappa shape index (κ2) is 10.7. The van der Waals surface area contributed by atoms with Crippen molar-refractivity contribution in [2.75, 3.05) is 66.8 Å². The highest BCUT2D eigenvalue weighted by Crippen LogP contribution is 2.06. The molecule has 0 saturated carbocycles. The molecule has 5 heteroatoms. The Hall–Kier alpha value is -0.200. The van der Waals surface area contributed by atoms with E-state index in [1.807, 2.05) is 0 Å². The first-order chi connectivity index (χ1) is 8.86. The van der Waals surface area contributed by atoms with Crippen LogP contribution in [0.4, 0.5) is 0 Å². The number of hydrogen-bond acceptors (Lipinski definition) is 5. The Morgan fingerprint density at radius 3 is 2.06 bits per heavy atom. The minimum Gasteiger partial charge on any atom is -0.383 e. The molecule has 0 aromatic carbocycles. The van der Waals surface area contributed by atoms with Gasteiger partial charge in [0.15, 0.2) is 0 Å². The Labute approximate surface area is 111 Å². The molecule has 0 bridgehead atoms. The zero-order chi connectivity index (χ0) is 13.1. The van der Waals surface area contributed by atoms with Crippen molar-refractivity contribution in [2.45, 2.75) is 18.9 Å². The molecule has 0 unspecified atom stereocenters. The molecule has 0 aliphatic carbocycles. The zero-order valence-electron chi connectivity index (χ0n) is 11.8. The summed E-state index contributed by atoms with van der Waals surface area (Å²) in [5.74, 6) is 0. The Balaban J connectivity index is 2.10. The molecule has 5 nitrogen and oxygen atoms in total. The quantitative estimate of drug-likeness (QED) is 0.614. The van der Waals surface area contributed by atoms with Crippen molar-refractivity contribution in [3.05, 3.63) is 0 Å². The number of nitrogens with zero attached hydrogens (tertiary/aromatic N) is 1. The molecule has 18 heavy (non-hydrogen) atoms. The highest BCUT2D eigenvalue weighted by Gasteiger charge is 2.13. The minimum atomic E-state index is 0.443. The van der Waals surface area contributed by atoms with Crippen LogP contribution < -0.4 is 5.32 Å². The first-order valence-electron chi connectivity index (χ1n) is 6.89. The maximum Gasteiger partial charge on any atom is 0.0600 e. The van der Waals surface area contributed by atoms with E-state index in [-0.39, 0.29) is 0 Å². The summed E-state index contributed by atoms with van der Waals surface area (Å²) in [6.07, 6.45) is 2.71. The molecule has 1 aliphatic rings. The van der Waals surface area contributed by atoms with Crippen LogP contribution in [-0.4, -0.2) is 77.8 Å². The van der Waals surface area contributed by atoms with E-state index in [4.69, 9.17) is 14.2 Å². The summed E-state index contributed by atoms with van der Waals surface area (Å²) >= 11 is 0. The molecular formula is C13H28N2O3. The number of hydrogen-bond donors (Lipinski definition) is 1. The lowest BCUT2D eigenvalue weighted by Crippen LogP contribution is -2.36. The number of nitrogens with one attached hydrogen (secondary N) is 1. The summed E-state index contributed by atoms with van der Waals surface area (Å²) in [4.78, 5) is 2.33. The van der Waals surface area contributed by atoms with Gasteiger partial charge in [0, 0.05) is 33.9 Å². The van der Waals surface area contributed by atoms with E-state index in [1.54, 1.807) is 14.2 Å². The van der Waals surface area contributed by atoms with Gasteiger partial charge in [0.2, 0.25) is 0 Å². The predicted molar refractivity (Wildman–Crippen MR) is 72.0 cm³/mol. The summed E-state index contributed by atoms with van der Waals surface area (Å²) in [7, 11) is 3.47. The lowest BCUT2D eigenvalue weighted by molar-refractivity contribution is 0.0134. The second-order valence-corrected chi connectivity index (χ2v) is 4.65. The van der Waals surface area contributed by atoms with Crippen molar-refractivity contribution < 1.29 is 14.2 Å². The molecule has 0 aromatic heterocycles. The van der Waals surface area contributed by atoms with E-state index in [2.05, 4.69) is 10.2 Å². The first kappa shape index (κ1) is 15.9. The fraction of sp³-hybridized carbons (Fsp3) is 1.00. The second-order valence-electron chi connectivity index (χ2n) is 4.65. The molecule has 1 saturated heterocycles. The van der Waals surface area contributed by atoms with Gasteiger partial charge < -0.3 is 19.5 Å². The van der Waals surface area contributed by atoms with Gasteiger partial charge in [0.1, 0.15) is 0 Å². The standard InChI is InChI=1S/C13H28N2O3/c1-16-10-7-15(8-11-17-2)9-12-18-13-3-5-14-6-4-13/h13-14H,3-12H2,1-2H3. The molecule has 0 amide bonds. The van der Waals surface area contributed by atoms with Gasteiger partial charge in [0.05, 0.1) is 25.9 Å². The summed E-state index contributed by atoms with van der Waals surface area (Å²) in [5.41, 5.74) is 0. The van der Waals surface area contributed by atoms with Crippen molar-refractivity contribution >= 4 is 0 Å². The van der Waals surface area contributed by atoms with Gasteiger partial charge in [-0.05, 0) is 25.9 Å². The molecule has 0 aromatic rings. The molecular weight excluding hydrogens is 232 g/mol.